The van der Waals surface area contributed by atoms with Gasteiger partial charge in [-0.3, -0.25) is 10.2 Å². The molecule has 0 spiro atoms. The first-order valence-electron chi connectivity index (χ1n) is 12.7. The maximum Gasteiger partial charge on any atom is 0.238 e. The molecule has 0 fully saturated rings. The summed E-state index contributed by atoms with van der Waals surface area (Å²) in [4.78, 5) is 13.7. The van der Waals surface area contributed by atoms with Crippen LogP contribution in [-0.4, -0.2) is 28.4 Å². The van der Waals surface area contributed by atoms with E-state index in [0.29, 0.717) is 33.3 Å². The first kappa shape index (κ1) is 31.3. The predicted octanol–water partition coefficient (Wildman–Crippen LogP) is 5.38. The number of rotatable bonds is 6. The van der Waals surface area contributed by atoms with Crippen molar-refractivity contribution in [2.45, 2.75) is 70.4 Å². The van der Waals surface area contributed by atoms with E-state index >= 15 is 0 Å². The second kappa shape index (κ2) is 11.0. The van der Waals surface area contributed by atoms with Gasteiger partial charge >= 0.3 is 0 Å². The Morgan fingerprint density at radius 3 is 1.85 bits per heavy atom. The molecule has 4 N–H and O–H groups in total. The average molecular weight is 630 g/mol. The minimum atomic E-state index is -3.96. The number of benzene rings is 3. The van der Waals surface area contributed by atoms with Crippen LogP contribution in [0, 0.1) is 5.41 Å². The fraction of sp³-hybridized carbons (Fsp3) is 0.333. The summed E-state index contributed by atoms with van der Waals surface area (Å²) in [6.07, 6.45) is 0. The highest BCUT2D eigenvalue weighted by molar-refractivity contribution is 8.93. The molecular weight excluding hydrogens is 592 g/mol. The molecule has 1 aromatic heterocycles. The number of sulfonamides is 1. The van der Waals surface area contributed by atoms with Crippen molar-refractivity contribution < 1.29 is 18.3 Å². The fourth-order valence-corrected chi connectivity index (χ4v) is 5.64. The topological polar surface area (TPSA) is 131 Å². The van der Waals surface area contributed by atoms with Gasteiger partial charge in [0, 0.05) is 16.7 Å². The minimum absolute atomic E-state index is 0. The van der Waals surface area contributed by atoms with Crippen molar-refractivity contribution in [1.29, 1.82) is 5.41 Å². The van der Waals surface area contributed by atoms with Crippen LogP contribution in [0.5, 0.6) is 5.75 Å². The van der Waals surface area contributed by atoms with Crippen LogP contribution in [0.4, 0.5) is 0 Å². The van der Waals surface area contributed by atoms with E-state index in [1.807, 2.05) is 65.8 Å². The van der Waals surface area contributed by atoms with Crippen molar-refractivity contribution in [1.82, 2.24) is 9.13 Å². The molecule has 10 heteroatoms. The third kappa shape index (κ3) is 6.09. The number of hydrogen-bond donors (Lipinski definition) is 3. The highest BCUT2D eigenvalue weighted by Crippen LogP contribution is 2.40. The summed E-state index contributed by atoms with van der Waals surface area (Å²) < 4.78 is 27.6. The number of nitrogens with two attached hydrogens (primary N) is 1. The van der Waals surface area contributed by atoms with Gasteiger partial charge in [-0.25, -0.2) is 13.6 Å². The van der Waals surface area contributed by atoms with Gasteiger partial charge in [-0.15, -0.1) is 17.0 Å². The number of Topliss-reactive ketones (excluding diaryl/α,β-unsaturated/α-hetero) is 1. The summed E-state index contributed by atoms with van der Waals surface area (Å²) in [6, 6.07) is 17.3. The van der Waals surface area contributed by atoms with E-state index in [1.54, 1.807) is 39.5 Å². The fourth-order valence-electron chi connectivity index (χ4n) is 4.87. The van der Waals surface area contributed by atoms with Crippen LogP contribution in [0.1, 0.15) is 68.6 Å². The van der Waals surface area contributed by atoms with E-state index in [0.717, 1.165) is 0 Å². The number of fused-ring (bicyclic) bond motifs is 1. The summed E-state index contributed by atoms with van der Waals surface area (Å²) in [7, 11) is -3.96. The van der Waals surface area contributed by atoms with Crippen LogP contribution >= 0.6 is 17.0 Å². The Kier molecular flexibility index (Phi) is 8.60. The number of primary sulfonamides is 1. The lowest BCUT2D eigenvalue weighted by molar-refractivity contribution is 0.0971. The Balaban J connectivity index is 0.00000441. The van der Waals surface area contributed by atoms with E-state index in [4.69, 9.17) is 10.5 Å². The predicted molar refractivity (Wildman–Crippen MR) is 163 cm³/mol. The third-order valence-corrected chi connectivity index (χ3v) is 7.94. The summed E-state index contributed by atoms with van der Waals surface area (Å²) in [5.74, 6) is 0.00264. The molecule has 0 unspecified atom stereocenters. The number of hydrogen-bond acceptors (Lipinski definition) is 5. The van der Waals surface area contributed by atoms with E-state index in [2.05, 4.69) is 0 Å². The quantitative estimate of drug-likeness (QED) is 0.247. The number of carbonyl (C=O) groups excluding carboxylic acids is 1. The third-order valence-electron chi connectivity index (χ3n) is 6.93. The van der Waals surface area contributed by atoms with Crippen LogP contribution in [0.15, 0.2) is 65.6 Å². The van der Waals surface area contributed by atoms with E-state index in [-0.39, 0.29) is 62.9 Å². The molecule has 3 aromatic carbocycles. The first-order chi connectivity index (χ1) is 18.0. The first-order valence-corrected chi connectivity index (χ1v) is 14.3. The lowest BCUT2D eigenvalue weighted by Gasteiger charge is -2.28. The molecular formula is C30H37BrN4O4S. The van der Waals surface area contributed by atoms with Crippen LogP contribution in [0.3, 0.4) is 0 Å². The maximum absolute atomic E-state index is 13.7. The highest BCUT2D eigenvalue weighted by atomic mass is 79.9. The summed E-state index contributed by atoms with van der Waals surface area (Å²) in [6.45, 7) is 12.0. The standard InChI is InChI=1S/C30H36N4O4S.BrH/c1-29(2,3)21-15-20(16-22(27(21)36)30(4,5)6)25(35)18-34-24-13-9-8-12-23(24)33(28(34)31)17-19-11-7-10-14-26(19)39(32,37)38;/h7-16,31,36H,17-18H2,1-6H3,(H2,32,37,38);1H. The monoisotopic (exact) mass is 628 g/mol. The SMILES string of the molecule is Br.CC(C)(C)c1cc(C(=O)Cn2c(=N)n(Cc3ccccc3S(N)(=O)=O)c3ccccc32)cc(C(C)(C)C)c1O. The number of nitrogens with zero attached hydrogens (tertiary/aromatic N) is 2. The number of phenolic OH excluding ortho intramolecular Hbond substituents is 1. The zero-order valence-corrected chi connectivity index (χ0v) is 26.2. The number of aromatic nitrogens is 2. The summed E-state index contributed by atoms with van der Waals surface area (Å²) in [5, 5.41) is 25.5. The van der Waals surface area contributed by atoms with Crippen molar-refractivity contribution >= 4 is 43.8 Å². The van der Waals surface area contributed by atoms with Crippen LogP contribution in [0.2, 0.25) is 0 Å². The molecule has 4 aromatic rings. The molecule has 0 saturated carbocycles. The molecule has 0 radical (unpaired) electrons. The van der Waals surface area contributed by atoms with Gasteiger partial charge in [-0.1, -0.05) is 71.9 Å². The van der Waals surface area contributed by atoms with Gasteiger partial charge in [0.25, 0.3) is 0 Å². The van der Waals surface area contributed by atoms with Gasteiger partial charge in [0.1, 0.15) is 5.75 Å². The van der Waals surface area contributed by atoms with Crippen molar-refractivity contribution in [3.05, 3.63) is 88.5 Å². The second-order valence-corrected chi connectivity index (χ2v) is 13.5. The number of phenols is 1. The molecule has 8 nitrogen and oxygen atoms in total. The molecule has 0 aliphatic rings. The lowest BCUT2D eigenvalue weighted by Crippen LogP contribution is -2.28. The Morgan fingerprint density at radius 1 is 0.875 bits per heavy atom. The molecule has 214 valence electrons. The zero-order chi connectivity index (χ0) is 28.9. The zero-order valence-electron chi connectivity index (χ0n) is 23.6. The average Bonchev–Trinajstić information content (AvgIpc) is 3.08. The Bertz CT molecular complexity index is 1720. The highest BCUT2D eigenvalue weighted by Gasteiger charge is 2.28. The number of halogens is 1. The molecule has 40 heavy (non-hydrogen) atoms. The number of aromatic hydroxyl groups is 1. The largest absolute Gasteiger partial charge is 0.507 e. The number of nitrogens with one attached hydrogen (secondary N) is 1. The van der Waals surface area contributed by atoms with Gasteiger partial charge in [-0.05, 0) is 46.7 Å². The minimum Gasteiger partial charge on any atom is -0.507 e. The van der Waals surface area contributed by atoms with E-state index in [9.17, 15) is 18.3 Å². The molecule has 4 rings (SSSR count). The number of imidazole rings is 1. The Labute approximate surface area is 245 Å². The van der Waals surface area contributed by atoms with Crippen molar-refractivity contribution in [2.75, 3.05) is 0 Å². The van der Waals surface area contributed by atoms with Gasteiger partial charge in [0.05, 0.1) is 29.0 Å². The van der Waals surface area contributed by atoms with Gasteiger partial charge < -0.3 is 14.2 Å². The molecule has 0 amide bonds. The van der Waals surface area contributed by atoms with Crippen LogP contribution in [0.25, 0.3) is 11.0 Å². The van der Waals surface area contributed by atoms with Crippen molar-refractivity contribution in [3.63, 3.8) is 0 Å². The van der Waals surface area contributed by atoms with Crippen LogP contribution < -0.4 is 10.8 Å². The second-order valence-electron chi connectivity index (χ2n) is 12.0. The normalized spacial score (nSPS) is 12.4. The van der Waals surface area contributed by atoms with E-state index < -0.39 is 10.0 Å². The van der Waals surface area contributed by atoms with Gasteiger partial charge in [-0.2, -0.15) is 0 Å². The Morgan fingerprint density at radius 2 is 1.35 bits per heavy atom. The molecule has 0 saturated heterocycles. The van der Waals surface area contributed by atoms with Gasteiger partial charge in [0.2, 0.25) is 15.6 Å². The van der Waals surface area contributed by atoms with Crippen molar-refractivity contribution in [2.24, 2.45) is 5.14 Å². The van der Waals surface area contributed by atoms with Crippen LogP contribution in [-0.2, 0) is 33.9 Å². The molecule has 1 heterocycles. The number of para-hydroxylation sites is 2. The molecule has 0 atom stereocenters. The van der Waals surface area contributed by atoms with Gasteiger partial charge in [0.15, 0.2) is 5.78 Å². The molecule has 0 aliphatic heterocycles. The molecule has 0 bridgehead atoms. The maximum atomic E-state index is 13.7. The number of ketones is 1. The summed E-state index contributed by atoms with van der Waals surface area (Å²) in [5.41, 5.74) is 2.95. The molecule has 0 aliphatic carbocycles. The smallest absolute Gasteiger partial charge is 0.238 e. The number of carbonyl (C=O) groups is 1. The lowest BCUT2D eigenvalue weighted by atomic mass is 9.78. The Hall–Kier alpha value is -3.21. The summed E-state index contributed by atoms with van der Waals surface area (Å²) >= 11 is 0. The van der Waals surface area contributed by atoms with Crippen molar-refractivity contribution in [3.8, 4) is 5.75 Å². The van der Waals surface area contributed by atoms with E-state index in [1.165, 1.54) is 6.07 Å².